The van der Waals surface area contributed by atoms with Crippen molar-refractivity contribution in [2.24, 2.45) is 0 Å². The van der Waals surface area contributed by atoms with Gasteiger partial charge in [-0.05, 0) is 23.1 Å². The van der Waals surface area contributed by atoms with Crippen molar-refractivity contribution < 1.29 is 9.46 Å². The highest BCUT2D eigenvalue weighted by Crippen LogP contribution is 2.49. The van der Waals surface area contributed by atoms with E-state index in [-0.39, 0.29) is 6.16 Å². The van der Waals surface area contributed by atoms with Gasteiger partial charge in [-0.1, -0.05) is 91.0 Å². The average molecular weight is 365 g/mol. The molecule has 0 bridgehead atoms. The molecule has 2 N–H and O–H groups in total. The number of hydrogen-bond acceptors (Lipinski definition) is 2. The van der Waals surface area contributed by atoms with Gasteiger partial charge in [0.1, 0.15) is 0 Å². The summed E-state index contributed by atoms with van der Waals surface area (Å²) in [6, 6.07) is 29.4. The molecule has 0 heterocycles. The van der Waals surface area contributed by atoms with E-state index in [1.165, 1.54) is 0 Å². The Morgan fingerprint density at radius 1 is 0.731 bits per heavy atom. The van der Waals surface area contributed by atoms with E-state index in [9.17, 15) is 9.46 Å². The molecule has 4 heteroatoms. The second kappa shape index (κ2) is 8.95. The van der Waals surface area contributed by atoms with Crippen LogP contribution >= 0.6 is 7.37 Å². The van der Waals surface area contributed by atoms with Gasteiger partial charge in [-0.2, -0.15) is 0 Å². The standard InChI is InChI=1S/C22H24NO2P/c24-26(25,18-21-14-8-3-9-15-21)22(16-19-10-4-1-5-11-19)23-17-20-12-6-2-7-13-20/h1-15,22-23H,16-18H2,(H,24,25). The van der Waals surface area contributed by atoms with Gasteiger partial charge in [0.05, 0.1) is 11.9 Å². The van der Waals surface area contributed by atoms with Crippen LogP contribution in [0.15, 0.2) is 91.0 Å². The lowest BCUT2D eigenvalue weighted by atomic mass is 10.1. The largest absolute Gasteiger partial charge is 0.343 e. The zero-order chi connectivity index (χ0) is 18.2. The Kier molecular flexibility index (Phi) is 6.40. The highest BCUT2D eigenvalue weighted by molar-refractivity contribution is 7.57. The molecular formula is C22H24NO2P. The van der Waals surface area contributed by atoms with Crippen molar-refractivity contribution in [2.75, 3.05) is 0 Å². The second-order valence-electron chi connectivity index (χ2n) is 6.47. The molecule has 0 aromatic heterocycles. The molecule has 0 fully saturated rings. The predicted molar refractivity (Wildman–Crippen MR) is 107 cm³/mol. The maximum absolute atomic E-state index is 13.2. The topological polar surface area (TPSA) is 49.3 Å². The highest BCUT2D eigenvalue weighted by Gasteiger charge is 2.31. The van der Waals surface area contributed by atoms with Crippen LogP contribution in [0, 0.1) is 0 Å². The van der Waals surface area contributed by atoms with Crippen LogP contribution in [-0.2, 0) is 23.7 Å². The SMILES string of the molecule is O=P(O)(Cc1ccccc1)C(Cc1ccccc1)NCc1ccccc1. The first-order valence-corrected chi connectivity index (χ1v) is 10.7. The number of rotatable bonds is 8. The van der Waals surface area contributed by atoms with E-state index >= 15 is 0 Å². The van der Waals surface area contributed by atoms with Crippen molar-refractivity contribution in [1.82, 2.24) is 5.32 Å². The molecular weight excluding hydrogens is 341 g/mol. The molecule has 0 saturated carbocycles. The van der Waals surface area contributed by atoms with Gasteiger partial charge in [-0.15, -0.1) is 0 Å². The molecule has 0 aliphatic rings. The number of nitrogens with one attached hydrogen (secondary N) is 1. The molecule has 0 spiro atoms. The van der Waals surface area contributed by atoms with Gasteiger partial charge >= 0.3 is 0 Å². The normalized spacial score (nSPS) is 14.5. The zero-order valence-corrected chi connectivity index (χ0v) is 15.6. The highest BCUT2D eigenvalue weighted by atomic mass is 31.2. The van der Waals surface area contributed by atoms with E-state index in [1.807, 2.05) is 91.0 Å². The lowest BCUT2D eigenvalue weighted by Gasteiger charge is -2.25. The lowest BCUT2D eigenvalue weighted by molar-refractivity contribution is 0.441. The first kappa shape index (κ1) is 18.6. The van der Waals surface area contributed by atoms with E-state index in [1.54, 1.807) is 0 Å². The van der Waals surface area contributed by atoms with Crippen molar-refractivity contribution in [2.45, 2.75) is 24.9 Å². The molecule has 3 nitrogen and oxygen atoms in total. The van der Waals surface area contributed by atoms with Crippen molar-refractivity contribution in [3.05, 3.63) is 108 Å². The van der Waals surface area contributed by atoms with Crippen molar-refractivity contribution in [3.8, 4) is 0 Å². The second-order valence-corrected chi connectivity index (χ2v) is 8.92. The summed E-state index contributed by atoms with van der Waals surface area (Å²) in [6.45, 7) is 0.567. The number of hydrogen-bond donors (Lipinski definition) is 2. The van der Waals surface area contributed by atoms with Crippen LogP contribution in [0.5, 0.6) is 0 Å². The van der Waals surface area contributed by atoms with Gasteiger partial charge in [0.2, 0.25) is 7.37 Å². The van der Waals surface area contributed by atoms with Crippen LogP contribution in [0.2, 0.25) is 0 Å². The Morgan fingerprint density at radius 3 is 1.73 bits per heavy atom. The average Bonchev–Trinajstić information content (AvgIpc) is 2.67. The Labute approximate surface area is 155 Å². The third-order valence-corrected chi connectivity index (χ3v) is 6.55. The predicted octanol–water partition coefficient (Wildman–Crippen LogP) is 4.82. The van der Waals surface area contributed by atoms with Crippen LogP contribution in [0.25, 0.3) is 0 Å². The third kappa shape index (κ3) is 5.40. The third-order valence-electron chi connectivity index (χ3n) is 4.40. The molecule has 3 rings (SSSR count). The molecule has 0 aliphatic heterocycles. The van der Waals surface area contributed by atoms with Crippen molar-refractivity contribution in [3.63, 3.8) is 0 Å². The summed E-state index contributed by atoms with van der Waals surface area (Å²) in [7, 11) is -3.44. The van der Waals surface area contributed by atoms with Gasteiger partial charge in [0.25, 0.3) is 0 Å². The quantitative estimate of drug-likeness (QED) is 0.563. The van der Waals surface area contributed by atoms with Crippen LogP contribution in [0.3, 0.4) is 0 Å². The van der Waals surface area contributed by atoms with Gasteiger partial charge < -0.3 is 10.2 Å². The number of benzene rings is 3. The van der Waals surface area contributed by atoms with E-state index in [0.29, 0.717) is 13.0 Å². The van der Waals surface area contributed by atoms with Gasteiger partial charge in [0, 0.05) is 6.54 Å². The maximum Gasteiger partial charge on any atom is 0.221 e. The first-order valence-electron chi connectivity index (χ1n) is 8.80. The lowest BCUT2D eigenvalue weighted by Crippen LogP contribution is -2.31. The smallest absolute Gasteiger partial charge is 0.221 e. The molecule has 26 heavy (non-hydrogen) atoms. The minimum atomic E-state index is -3.44. The fourth-order valence-corrected chi connectivity index (χ4v) is 4.81. The zero-order valence-electron chi connectivity index (χ0n) is 14.7. The first-order chi connectivity index (χ1) is 12.6. The van der Waals surface area contributed by atoms with Crippen LogP contribution < -0.4 is 5.32 Å². The molecule has 134 valence electrons. The Hall–Kier alpha value is -2.19. The fourth-order valence-electron chi connectivity index (χ4n) is 2.98. The summed E-state index contributed by atoms with van der Waals surface area (Å²) in [5, 5.41) is 3.33. The molecule has 3 aromatic rings. The van der Waals surface area contributed by atoms with Gasteiger partial charge in [-0.25, -0.2) is 0 Å². The molecule has 0 radical (unpaired) electrons. The van der Waals surface area contributed by atoms with Crippen LogP contribution in [0.1, 0.15) is 16.7 Å². The fraction of sp³-hybridized carbons (Fsp3) is 0.182. The Balaban J connectivity index is 1.77. The molecule has 0 aliphatic carbocycles. The van der Waals surface area contributed by atoms with E-state index in [4.69, 9.17) is 0 Å². The van der Waals surface area contributed by atoms with Gasteiger partial charge in [-0.3, -0.25) is 4.57 Å². The van der Waals surface area contributed by atoms with Crippen LogP contribution in [0.4, 0.5) is 0 Å². The Bertz CT molecular complexity index is 838. The van der Waals surface area contributed by atoms with Crippen molar-refractivity contribution in [1.29, 1.82) is 0 Å². The molecule has 0 amide bonds. The van der Waals surface area contributed by atoms with Crippen molar-refractivity contribution >= 4 is 7.37 Å². The maximum atomic E-state index is 13.2. The van der Waals surface area contributed by atoms with E-state index in [2.05, 4.69) is 5.32 Å². The molecule has 2 unspecified atom stereocenters. The monoisotopic (exact) mass is 365 g/mol. The van der Waals surface area contributed by atoms with E-state index < -0.39 is 13.2 Å². The summed E-state index contributed by atoms with van der Waals surface area (Å²) < 4.78 is 13.2. The summed E-state index contributed by atoms with van der Waals surface area (Å²) in [5.74, 6) is -0.495. The summed E-state index contributed by atoms with van der Waals surface area (Å²) in [5.41, 5.74) is 3.04. The van der Waals surface area contributed by atoms with Gasteiger partial charge in [0.15, 0.2) is 0 Å². The minimum Gasteiger partial charge on any atom is -0.343 e. The summed E-state index contributed by atoms with van der Waals surface area (Å²) in [6.07, 6.45) is 0.696. The summed E-state index contributed by atoms with van der Waals surface area (Å²) in [4.78, 5) is 10.9. The summed E-state index contributed by atoms with van der Waals surface area (Å²) >= 11 is 0. The Morgan fingerprint density at radius 2 is 1.19 bits per heavy atom. The molecule has 0 saturated heterocycles. The molecule has 2 atom stereocenters. The van der Waals surface area contributed by atoms with Crippen LogP contribution in [-0.4, -0.2) is 10.7 Å². The minimum absolute atomic E-state index is 0.174. The van der Waals surface area contributed by atoms with E-state index in [0.717, 1.165) is 16.7 Å². The molecule has 3 aromatic carbocycles.